The van der Waals surface area contributed by atoms with Crippen LogP contribution in [0.5, 0.6) is 0 Å². The predicted octanol–water partition coefficient (Wildman–Crippen LogP) is -2.75. The summed E-state index contributed by atoms with van der Waals surface area (Å²) in [4.78, 5) is 5.74. The molecule has 82 valence electrons. The molecule has 5 heteroatoms. The summed E-state index contributed by atoms with van der Waals surface area (Å²) >= 11 is 0. The molecule has 0 amide bonds. The van der Waals surface area contributed by atoms with Gasteiger partial charge in [0.2, 0.25) is 0 Å². The maximum Gasteiger partial charge on any atom is 1.00 e. The van der Waals surface area contributed by atoms with E-state index >= 15 is 0 Å². The van der Waals surface area contributed by atoms with Crippen molar-refractivity contribution < 1.29 is 28.7 Å². The average Bonchev–Trinajstić information content (AvgIpc) is 2.12. The minimum Gasteiger partial charge on any atom is -0.860 e. The van der Waals surface area contributed by atoms with Crippen molar-refractivity contribution in [1.82, 2.24) is 4.90 Å². The molecular weight excluding hydrogens is 187 g/mol. The molecule has 0 aliphatic heterocycles. The zero-order valence-electron chi connectivity index (χ0n) is 10.4. The Hall–Kier alpha value is -0.433. The molecule has 15 heavy (non-hydrogen) atoms. The van der Waals surface area contributed by atoms with Crippen molar-refractivity contribution in [3.05, 3.63) is 12.0 Å². The fourth-order valence-electron chi connectivity index (χ4n) is 0.818. The van der Waals surface area contributed by atoms with Crippen molar-refractivity contribution in [2.24, 2.45) is 4.99 Å². The molecule has 0 saturated carbocycles. The number of nitrogens with zero attached hydrogens (tertiary/aromatic N) is 2. The van der Waals surface area contributed by atoms with Crippen LogP contribution in [0.15, 0.2) is 17.0 Å². The Morgan fingerprint density at radius 3 is 2.53 bits per heavy atom. The van der Waals surface area contributed by atoms with Crippen molar-refractivity contribution in [2.75, 3.05) is 34.4 Å². The van der Waals surface area contributed by atoms with Crippen LogP contribution >= 0.6 is 0 Å². The Morgan fingerprint density at radius 2 is 2.07 bits per heavy atom. The van der Waals surface area contributed by atoms with E-state index in [4.69, 9.17) is 4.74 Å². The topological polar surface area (TPSA) is 47.9 Å². The maximum atomic E-state index is 11.2. The van der Waals surface area contributed by atoms with E-state index in [-0.39, 0.29) is 24.7 Å². The summed E-state index contributed by atoms with van der Waals surface area (Å²) in [7, 11) is 5.10. The second-order valence-electron chi connectivity index (χ2n) is 3.25. The van der Waals surface area contributed by atoms with E-state index in [1.54, 1.807) is 21.2 Å². The number of methoxy groups -OCH3 is 1. The van der Waals surface area contributed by atoms with E-state index < -0.39 is 0 Å². The molecule has 0 unspecified atom stereocenters. The molecule has 0 aliphatic rings. The standard InChI is InChI=1S/C10H20N2O2.Li/c1-9(8-10(13)12(2)3)11-6-5-7-14-4;/h8,13H,5-7H2,1-4H3;/q;+1/p-1/b10-8-,11-9?;. The molecule has 0 atom stereocenters. The first kappa shape index (κ1) is 17.0. The minimum atomic E-state index is -0.0296. The molecular formula is C10H19LiN2O2. The van der Waals surface area contributed by atoms with Crippen LogP contribution < -0.4 is 24.0 Å². The first-order valence-electron chi connectivity index (χ1n) is 4.64. The van der Waals surface area contributed by atoms with E-state index in [1.165, 1.54) is 11.0 Å². The number of ether oxygens (including phenoxy) is 1. The van der Waals surface area contributed by atoms with E-state index in [0.29, 0.717) is 13.2 Å². The SMILES string of the molecule is COCCCN=C(C)/C=C(\[O-])N(C)C.[Li+]. The van der Waals surface area contributed by atoms with Crippen molar-refractivity contribution in [3.63, 3.8) is 0 Å². The van der Waals surface area contributed by atoms with Crippen LogP contribution in [-0.2, 0) is 4.74 Å². The van der Waals surface area contributed by atoms with E-state index in [1.807, 2.05) is 6.92 Å². The molecule has 4 nitrogen and oxygen atoms in total. The summed E-state index contributed by atoms with van der Waals surface area (Å²) in [6.45, 7) is 3.24. The molecule has 0 saturated heterocycles. The van der Waals surface area contributed by atoms with Gasteiger partial charge in [-0.2, -0.15) is 0 Å². The van der Waals surface area contributed by atoms with Crippen molar-refractivity contribution in [3.8, 4) is 0 Å². The maximum absolute atomic E-state index is 11.2. The molecule has 0 rings (SSSR count). The Labute approximate surface area is 104 Å². The number of rotatable bonds is 6. The predicted molar refractivity (Wildman–Crippen MR) is 56.2 cm³/mol. The van der Waals surface area contributed by atoms with Crippen LogP contribution in [0.1, 0.15) is 13.3 Å². The smallest absolute Gasteiger partial charge is 0.860 e. The van der Waals surface area contributed by atoms with E-state index in [2.05, 4.69) is 4.99 Å². The summed E-state index contributed by atoms with van der Waals surface area (Å²) in [6, 6.07) is 0. The normalized spacial score (nSPS) is 12.3. The summed E-state index contributed by atoms with van der Waals surface area (Å²) < 4.78 is 4.89. The number of hydrogen-bond donors (Lipinski definition) is 0. The molecule has 0 aromatic carbocycles. The van der Waals surface area contributed by atoms with E-state index in [0.717, 1.165) is 12.1 Å². The largest absolute Gasteiger partial charge is 1.00 e. The van der Waals surface area contributed by atoms with Gasteiger partial charge in [-0.05, 0) is 25.3 Å². The van der Waals surface area contributed by atoms with Crippen LogP contribution in [-0.4, -0.2) is 45.0 Å². The summed E-state index contributed by atoms with van der Waals surface area (Å²) in [5.41, 5.74) is 0.764. The van der Waals surface area contributed by atoms with Gasteiger partial charge < -0.3 is 14.7 Å². The molecule has 0 N–H and O–H groups in total. The summed E-state index contributed by atoms with van der Waals surface area (Å²) in [6.07, 6.45) is 2.42. The molecule has 0 spiro atoms. The summed E-state index contributed by atoms with van der Waals surface area (Å²) in [5, 5.41) is 11.2. The van der Waals surface area contributed by atoms with Crippen LogP contribution in [0.2, 0.25) is 0 Å². The number of aliphatic imine (C=N–C) groups is 1. The second kappa shape index (κ2) is 10.1. The van der Waals surface area contributed by atoms with Gasteiger partial charge in [0.25, 0.3) is 0 Å². The number of hydrogen-bond acceptors (Lipinski definition) is 4. The van der Waals surface area contributed by atoms with Crippen molar-refractivity contribution in [2.45, 2.75) is 13.3 Å². The fraction of sp³-hybridized carbons (Fsp3) is 0.700. The van der Waals surface area contributed by atoms with Crippen LogP contribution in [0, 0.1) is 0 Å². The number of allylic oxidation sites excluding steroid dienone is 1. The Bertz CT molecular complexity index is 215. The Morgan fingerprint density at radius 1 is 1.47 bits per heavy atom. The summed E-state index contributed by atoms with van der Waals surface area (Å²) in [5.74, 6) is -0.0296. The minimum absolute atomic E-state index is 0. The third-order valence-electron chi connectivity index (χ3n) is 1.64. The molecule has 0 radical (unpaired) electrons. The van der Waals surface area contributed by atoms with Crippen LogP contribution in [0.3, 0.4) is 0 Å². The molecule has 0 fully saturated rings. The van der Waals surface area contributed by atoms with Gasteiger partial charge in [0.05, 0.1) is 0 Å². The van der Waals surface area contributed by atoms with Gasteiger partial charge in [-0.15, -0.1) is 0 Å². The monoisotopic (exact) mass is 206 g/mol. The fourth-order valence-corrected chi connectivity index (χ4v) is 0.818. The quantitative estimate of drug-likeness (QED) is 0.205. The van der Waals surface area contributed by atoms with Gasteiger partial charge in [-0.1, -0.05) is 0 Å². The Balaban J connectivity index is 0. The Kier molecular flexibility index (Phi) is 11.4. The average molecular weight is 206 g/mol. The molecule has 0 heterocycles. The van der Waals surface area contributed by atoms with Gasteiger partial charge in [-0.25, -0.2) is 0 Å². The third-order valence-corrected chi connectivity index (χ3v) is 1.64. The zero-order chi connectivity index (χ0) is 11.0. The molecule has 0 aliphatic carbocycles. The van der Waals surface area contributed by atoms with Gasteiger partial charge in [-0.3, -0.25) is 4.99 Å². The van der Waals surface area contributed by atoms with Crippen LogP contribution in [0.25, 0.3) is 0 Å². The van der Waals surface area contributed by atoms with Gasteiger partial charge in [0.15, 0.2) is 0 Å². The van der Waals surface area contributed by atoms with Crippen molar-refractivity contribution in [1.29, 1.82) is 0 Å². The van der Waals surface area contributed by atoms with Gasteiger partial charge in [0.1, 0.15) is 0 Å². The molecule has 0 aromatic heterocycles. The zero-order valence-corrected chi connectivity index (χ0v) is 10.4. The van der Waals surface area contributed by atoms with Crippen LogP contribution in [0.4, 0.5) is 0 Å². The molecule has 0 aromatic rings. The van der Waals surface area contributed by atoms with Gasteiger partial charge >= 0.3 is 18.9 Å². The second-order valence-corrected chi connectivity index (χ2v) is 3.25. The molecule has 0 bridgehead atoms. The first-order chi connectivity index (χ1) is 6.57. The van der Waals surface area contributed by atoms with Crippen molar-refractivity contribution >= 4 is 5.71 Å². The van der Waals surface area contributed by atoms with Gasteiger partial charge in [0, 0.05) is 40.1 Å². The third kappa shape index (κ3) is 9.86. The first-order valence-corrected chi connectivity index (χ1v) is 4.64. The van der Waals surface area contributed by atoms with E-state index in [9.17, 15) is 5.11 Å².